The lowest BCUT2D eigenvalue weighted by Crippen LogP contribution is -2.22. The first-order valence-electron chi connectivity index (χ1n) is 7.53. The smallest absolute Gasteiger partial charge is 0.130 e. The summed E-state index contributed by atoms with van der Waals surface area (Å²) in [6.45, 7) is 8.85. The maximum atomic E-state index is 5.88. The van der Waals surface area contributed by atoms with Crippen LogP contribution in [0.2, 0.25) is 0 Å². The third-order valence-corrected chi connectivity index (χ3v) is 3.11. The molecule has 1 N–H and O–H groups in total. The Labute approximate surface area is 126 Å². The van der Waals surface area contributed by atoms with Crippen LogP contribution in [0.25, 0.3) is 10.9 Å². The lowest BCUT2D eigenvalue weighted by Gasteiger charge is -2.13. The summed E-state index contributed by atoms with van der Waals surface area (Å²) in [5.41, 5.74) is 1.96. The van der Waals surface area contributed by atoms with E-state index in [4.69, 9.17) is 9.47 Å². The Hall–Kier alpha value is -1.65. The molecule has 0 saturated heterocycles. The Morgan fingerprint density at radius 2 is 2.00 bits per heavy atom. The first-order chi connectivity index (χ1) is 10.2. The van der Waals surface area contributed by atoms with Crippen LogP contribution in [0.1, 0.15) is 26.5 Å². The zero-order valence-corrected chi connectivity index (χ0v) is 13.1. The average molecular weight is 288 g/mol. The number of ether oxygens (including phenoxy) is 2. The number of pyridine rings is 1. The van der Waals surface area contributed by atoms with E-state index in [1.807, 2.05) is 37.3 Å². The second-order valence-corrected chi connectivity index (χ2v) is 5.21. The number of rotatable bonds is 8. The van der Waals surface area contributed by atoms with Crippen LogP contribution in [-0.2, 0) is 11.3 Å². The van der Waals surface area contributed by atoms with Crippen molar-refractivity contribution in [2.24, 2.45) is 0 Å². The topological polar surface area (TPSA) is 43.4 Å². The van der Waals surface area contributed by atoms with Gasteiger partial charge in [0.2, 0.25) is 0 Å². The van der Waals surface area contributed by atoms with Gasteiger partial charge in [-0.15, -0.1) is 0 Å². The molecule has 0 spiro atoms. The van der Waals surface area contributed by atoms with Gasteiger partial charge in [0.05, 0.1) is 17.8 Å². The molecule has 1 aromatic carbocycles. The molecule has 0 fully saturated rings. The molecule has 0 amide bonds. The molecule has 114 valence electrons. The van der Waals surface area contributed by atoms with Crippen LogP contribution in [0.3, 0.4) is 0 Å². The van der Waals surface area contributed by atoms with E-state index < -0.39 is 0 Å². The molecule has 0 radical (unpaired) electrons. The lowest BCUT2D eigenvalue weighted by molar-refractivity contribution is 0.110. The molecule has 0 bridgehead atoms. The van der Waals surface area contributed by atoms with Crippen molar-refractivity contribution < 1.29 is 9.47 Å². The number of para-hydroxylation sites is 1. The lowest BCUT2D eigenvalue weighted by atomic mass is 10.2. The van der Waals surface area contributed by atoms with Gasteiger partial charge < -0.3 is 14.8 Å². The van der Waals surface area contributed by atoms with Crippen LogP contribution in [0.15, 0.2) is 30.3 Å². The Kier molecular flexibility index (Phi) is 5.96. The van der Waals surface area contributed by atoms with Gasteiger partial charge in [-0.05, 0) is 19.1 Å². The SMILES string of the molecule is CCOCCOc1cc(CNC(C)C)nc2ccccc12. The van der Waals surface area contributed by atoms with Crippen LogP contribution in [0.4, 0.5) is 0 Å². The van der Waals surface area contributed by atoms with E-state index in [9.17, 15) is 0 Å². The highest BCUT2D eigenvalue weighted by Crippen LogP contribution is 2.25. The van der Waals surface area contributed by atoms with Crippen LogP contribution >= 0.6 is 0 Å². The summed E-state index contributed by atoms with van der Waals surface area (Å²) in [5, 5.41) is 4.43. The van der Waals surface area contributed by atoms with E-state index in [1.54, 1.807) is 0 Å². The van der Waals surface area contributed by atoms with E-state index in [-0.39, 0.29) is 0 Å². The summed E-state index contributed by atoms with van der Waals surface area (Å²) in [6.07, 6.45) is 0. The fraction of sp³-hybridized carbons (Fsp3) is 0.471. The minimum Gasteiger partial charge on any atom is -0.490 e. The van der Waals surface area contributed by atoms with E-state index in [0.29, 0.717) is 25.9 Å². The molecular weight excluding hydrogens is 264 g/mol. The number of hydrogen-bond donors (Lipinski definition) is 1. The van der Waals surface area contributed by atoms with Crippen LogP contribution < -0.4 is 10.1 Å². The van der Waals surface area contributed by atoms with Gasteiger partial charge in [-0.3, -0.25) is 4.98 Å². The minimum absolute atomic E-state index is 0.431. The molecule has 21 heavy (non-hydrogen) atoms. The second-order valence-electron chi connectivity index (χ2n) is 5.21. The average Bonchev–Trinajstić information content (AvgIpc) is 2.49. The quantitative estimate of drug-likeness (QED) is 0.758. The molecule has 4 heteroatoms. The normalized spacial score (nSPS) is 11.2. The monoisotopic (exact) mass is 288 g/mol. The largest absolute Gasteiger partial charge is 0.490 e. The van der Waals surface area contributed by atoms with Gasteiger partial charge in [0, 0.05) is 30.6 Å². The molecular formula is C17H24N2O2. The summed E-state index contributed by atoms with van der Waals surface area (Å²) in [6, 6.07) is 10.5. The zero-order chi connectivity index (χ0) is 15.1. The Morgan fingerprint density at radius 1 is 1.19 bits per heavy atom. The molecule has 2 rings (SSSR count). The fourth-order valence-corrected chi connectivity index (χ4v) is 2.07. The molecule has 0 aliphatic carbocycles. The number of hydrogen-bond acceptors (Lipinski definition) is 4. The third kappa shape index (κ3) is 4.69. The van der Waals surface area contributed by atoms with Gasteiger partial charge in [0.1, 0.15) is 12.4 Å². The number of nitrogens with zero attached hydrogens (tertiary/aromatic N) is 1. The molecule has 0 aliphatic heterocycles. The Balaban J connectivity index is 2.18. The summed E-state index contributed by atoms with van der Waals surface area (Å²) >= 11 is 0. The standard InChI is InChI=1S/C17H24N2O2/c1-4-20-9-10-21-17-11-14(12-18-13(2)3)19-16-8-6-5-7-15(16)17/h5-8,11,13,18H,4,9-10,12H2,1-3H3. The number of benzene rings is 1. The van der Waals surface area contributed by atoms with Crippen molar-refractivity contribution in [2.75, 3.05) is 19.8 Å². The highest BCUT2D eigenvalue weighted by Gasteiger charge is 2.07. The third-order valence-electron chi connectivity index (χ3n) is 3.11. The van der Waals surface area contributed by atoms with Crippen LogP contribution in [-0.4, -0.2) is 30.8 Å². The van der Waals surface area contributed by atoms with Crippen molar-refractivity contribution in [1.82, 2.24) is 10.3 Å². The highest BCUT2D eigenvalue weighted by atomic mass is 16.5. The van der Waals surface area contributed by atoms with E-state index in [1.165, 1.54) is 0 Å². The molecule has 0 unspecified atom stereocenters. The van der Waals surface area contributed by atoms with Crippen LogP contribution in [0.5, 0.6) is 5.75 Å². The predicted molar refractivity (Wildman–Crippen MR) is 85.7 cm³/mol. The summed E-state index contributed by atoms with van der Waals surface area (Å²) < 4.78 is 11.2. The molecule has 2 aromatic rings. The van der Waals surface area contributed by atoms with Crippen molar-refractivity contribution in [3.8, 4) is 5.75 Å². The zero-order valence-electron chi connectivity index (χ0n) is 13.1. The van der Waals surface area contributed by atoms with Crippen molar-refractivity contribution >= 4 is 10.9 Å². The molecule has 0 saturated carbocycles. The van der Waals surface area contributed by atoms with Gasteiger partial charge in [-0.1, -0.05) is 26.0 Å². The van der Waals surface area contributed by atoms with E-state index in [0.717, 1.165) is 28.9 Å². The van der Waals surface area contributed by atoms with Gasteiger partial charge in [0.25, 0.3) is 0 Å². The van der Waals surface area contributed by atoms with Gasteiger partial charge in [0.15, 0.2) is 0 Å². The van der Waals surface area contributed by atoms with E-state index in [2.05, 4.69) is 24.1 Å². The summed E-state index contributed by atoms with van der Waals surface area (Å²) in [7, 11) is 0. The maximum absolute atomic E-state index is 5.88. The van der Waals surface area contributed by atoms with Crippen molar-refractivity contribution in [3.63, 3.8) is 0 Å². The molecule has 4 nitrogen and oxygen atoms in total. The Morgan fingerprint density at radius 3 is 2.76 bits per heavy atom. The molecule has 1 heterocycles. The maximum Gasteiger partial charge on any atom is 0.130 e. The number of fused-ring (bicyclic) bond motifs is 1. The number of nitrogens with one attached hydrogen (secondary N) is 1. The molecule has 0 atom stereocenters. The summed E-state index contributed by atoms with van der Waals surface area (Å²) in [4.78, 5) is 4.68. The van der Waals surface area contributed by atoms with Crippen molar-refractivity contribution in [1.29, 1.82) is 0 Å². The van der Waals surface area contributed by atoms with Gasteiger partial charge in [-0.25, -0.2) is 0 Å². The van der Waals surface area contributed by atoms with Crippen molar-refractivity contribution in [2.45, 2.75) is 33.4 Å². The Bertz CT molecular complexity index is 570. The first-order valence-corrected chi connectivity index (χ1v) is 7.53. The fourth-order valence-electron chi connectivity index (χ4n) is 2.07. The minimum atomic E-state index is 0.431. The molecule has 0 aliphatic rings. The second kappa shape index (κ2) is 7.96. The van der Waals surface area contributed by atoms with Crippen LogP contribution in [0, 0.1) is 0 Å². The highest BCUT2D eigenvalue weighted by molar-refractivity contribution is 5.85. The van der Waals surface area contributed by atoms with Gasteiger partial charge >= 0.3 is 0 Å². The molecule has 1 aromatic heterocycles. The van der Waals surface area contributed by atoms with Crippen molar-refractivity contribution in [3.05, 3.63) is 36.0 Å². The first kappa shape index (κ1) is 15.7. The number of aromatic nitrogens is 1. The predicted octanol–water partition coefficient (Wildman–Crippen LogP) is 3.15. The van der Waals surface area contributed by atoms with E-state index >= 15 is 0 Å². The summed E-state index contributed by atoms with van der Waals surface area (Å²) in [5.74, 6) is 0.876. The van der Waals surface area contributed by atoms with Gasteiger partial charge in [-0.2, -0.15) is 0 Å².